The van der Waals surface area contributed by atoms with Crippen molar-refractivity contribution in [1.82, 2.24) is 5.32 Å². The fraction of sp³-hybridized carbons (Fsp3) is 0.167. The Hall–Kier alpha value is -2.24. The highest BCUT2D eigenvalue weighted by Crippen LogP contribution is 2.35. The summed E-state index contributed by atoms with van der Waals surface area (Å²) in [5, 5.41) is 4.29. The molecule has 4 rings (SSSR count). The van der Waals surface area contributed by atoms with Gasteiger partial charge in [-0.25, -0.2) is 0 Å². The predicted octanol–water partition coefficient (Wildman–Crippen LogP) is 4.12. The fourth-order valence-electron chi connectivity index (χ4n) is 2.61. The van der Waals surface area contributed by atoms with Crippen molar-refractivity contribution in [3.05, 3.63) is 58.4 Å². The van der Waals surface area contributed by atoms with Crippen LogP contribution in [0.25, 0.3) is 10.1 Å². The third kappa shape index (κ3) is 2.81. The number of hydrogen-bond donors (Lipinski definition) is 1. The van der Waals surface area contributed by atoms with Crippen LogP contribution in [0.15, 0.2) is 48.5 Å². The first-order valence-electron chi connectivity index (χ1n) is 7.56. The van der Waals surface area contributed by atoms with Crippen molar-refractivity contribution in [2.45, 2.75) is 6.10 Å². The summed E-state index contributed by atoms with van der Waals surface area (Å²) in [6.45, 7) is 0.759. The van der Waals surface area contributed by atoms with Crippen LogP contribution < -0.4 is 14.8 Å². The molecule has 1 aromatic heterocycles. The van der Waals surface area contributed by atoms with Gasteiger partial charge in [0.05, 0.1) is 11.6 Å². The molecule has 1 aliphatic heterocycles. The van der Waals surface area contributed by atoms with Crippen molar-refractivity contribution in [1.29, 1.82) is 0 Å². The van der Waals surface area contributed by atoms with Crippen LogP contribution in [0.5, 0.6) is 11.5 Å². The molecule has 24 heavy (non-hydrogen) atoms. The number of halogens is 1. The van der Waals surface area contributed by atoms with Crippen LogP contribution in [0.3, 0.4) is 0 Å². The first-order chi connectivity index (χ1) is 11.7. The fourth-order valence-corrected chi connectivity index (χ4v) is 4.04. The van der Waals surface area contributed by atoms with E-state index in [0.29, 0.717) is 28.8 Å². The highest BCUT2D eigenvalue weighted by molar-refractivity contribution is 7.21. The smallest absolute Gasteiger partial charge is 0.263 e. The Morgan fingerprint density at radius 2 is 1.92 bits per heavy atom. The molecule has 1 atom stereocenters. The van der Waals surface area contributed by atoms with E-state index < -0.39 is 0 Å². The monoisotopic (exact) mass is 359 g/mol. The molecule has 1 N–H and O–H groups in total. The molecule has 6 heteroatoms. The molecular weight excluding hydrogens is 346 g/mol. The summed E-state index contributed by atoms with van der Waals surface area (Å²) in [5.74, 6) is 1.24. The van der Waals surface area contributed by atoms with Gasteiger partial charge in [-0.2, -0.15) is 0 Å². The van der Waals surface area contributed by atoms with Gasteiger partial charge in [-0.3, -0.25) is 4.79 Å². The number of para-hydroxylation sites is 2. The van der Waals surface area contributed by atoms with Gasteiger partial charge in [-0.1, -0.05) is 41.9 Å². The summed E-state index contributed by atoms with van der Waals surface area (Å²) in [6.07, 6.45) is -0.225. The molecule has 1 aliphatic rings. The summed E-state index contributed by atoms with van der Waals surface area (Å²) >= 11 is 7.73. The minimum Gasteiger partial charge on any atom is -0.486 e. The second-order valence-corrected chi connectivity index (χ2v) is 6.88. The number of fused-ring (bicyclic) bond motifs is 2. The lowest BCUT2D eigenvalue weighted by atomic mass is 10.2. The van der Waals surface area contributed by atoms with Crippen molar-refractivity contribution >= 4 is 38.9 Å². The van der Waals surface area contributed by atoms with Crippen molar-refractivity contribution < 1.29 is 14.3 Å². The summed E-state index contributed by atoms with van der Waals surface area (Å²) < 4.78 is 12.5. The van der Waals surface area contributed by atoms with E-state index in [0.717, 1.165) is 15.8 Å². The van der Waals surface area contributed by atoms with Crippen LogP contribution in [-0.4, -0.2) is 25.2 Å². The maximum absolute atomic E-state index is 12.4. The van der Waals surface area contributed by atoms with E-state index in [1.165, 1.54) is 11.3 Å². The minimum absolute atomic E-state index is 0.191. The Bertz CT molecular complexity index is 908. The molecule has 0 saturated carbocycles. The van der Waals surface area contributed by atoms with Crippen LogP contribution in [0.4, 0.5) is 0 Å². The lowest BCUT2D eigenvalue weighted by Crippen LogP contribution is -2.40. The zero-order valence-electron chi connectivity index (χ0n) is 12.6. The van der Waals surface area contributed by atoms with Gasteiger partial charge in [0.2, 0.25) is 0 Å². The molecule has 1 amide bonds. The van der Waals surface area contributed by atoms with Crippen molar-refractivity contribution in [3.63, 3.8) is 0 Å². The molecule has 0 bridgehead atoms. The summed E-state index contributed by atoms with van der Waals surface area (Å²) in [5.41, 5.74) is 0. The zero-order valence-corrected chi connectivity index (χ0v) is 14.2. The van der Waals surface area contributed by atoms with Gasteiger partial charge < -0.3 is 14.8 Å². The number of carbonyl (C=O) groups is 1. The van der Waals surface area contributed by atoms with Crippen LogP contribution in [0, 0.1) is 0 Å². The topological polar surface area (TPSA) is 47.6 Å². The summed E-state index contributed by atoms with van der Waals surface area (Å²) in [6, 6.07) is 15.2. The van der Waals surface area contributed by atoms with E-state index in [4.69, 9.17) is 21.1 Å². The summed E-state index contributed by atoms with van der Waals surface area (Å²) in [7, 11) is 0. The average molecular weight is 360 g/mol. The molecule has 0 aliphatic carbocycles. The van der Waals surface area contributed by atoms with Gasteiger partial charge in [0, 0.05) is 10.1 Å². The molecule has 3 aromatic rings. The van der Waals surface area contributed by atoms with E-state index in [9.17, 15) is 4.79 Å². The normalized spacial score (nSPS) is 16.1. The zero-order chi connectivity index (χ0) is 16.5. The van der Waals surface area contributed by atoms with Gasteiger partial charge in [0.25, 0.3) is 5.91 Å². The molecule has 0 spiro atoms. The molecule has 0 radical (unpaired) electrons. The second kappa shape index (κ2) is 6.34. The number of thiophene rings is 1. The van der Waals surface area contributed by atoms with Gasteiger partial charge in [0.1, 0.15) is 17.6 Å². The average Bonchev–Trinajstić information content (AvgIpc) is 2.97. The van der Waals surface area contributed by atoms with Crippen molar-refractivity contribution in [2.24, 2.45) is 0 Å². The Kier molecular flexibility index (Phi) is 4.04. The van der Waals surface area contributed by atoms with Gasteiger partial charge in [0.15, 0.2) is 11.5 Å². The number of amides is 1. The van der Waals surface area contributed by atoms with Crippen LogP contribution in [0.2, 0.25) is 5.02 Å². The molecule has 0 saturated heterocycles. The summed E-state index contributed by atoms with van der Waals surface area (Å²) in [4.78, 5) is 13.0. The van der Waals surface area contributed by atoms with Crippen LogP contribution >= 0.6 is 22.9 Å². The van der Waals surface area contributed by atoms with E-state index in [1.54, 1.807) is 0 Å². The van der Waals surface area contributed by atoms with Gasteiger partial charge in [-0.05, 0) is 18.2 Å². The van der Waals surface area contributed by atoms with Crippen LogP contribution in [0.1, 0.15) is 9.67 Å². The van der Waals surface area contributed by atoms with E-state index in [2.05, 4.69) is 5.32 Å². The van der Waals surface area contributed by atoms with E-state index in [1.807, 2.05) is 48.5 Å². The predicted molar refractivity (Wildman–Crippen MR) is 95.5 cm³/mol. The third-order valence-electron chi connectivity index (χ3n) is 3.80. The minimum atomic E-state index is -0.225. The van der Waals surface area contributed by atoms with Crippen molar-refractivity contribution in [3.8, 4) is 11.5 Å². The molecule has 0 fully saturated rings. The third-order valence-corrected chi connectivity index (χ3v) is 5.47. The maximum Gasteiger partial charge on any atom is 0.263 e. The number of carbonyl (C=O) groups excluding carboxylic acids is 1. The first kappa shape index (κ1) is 15.3. The molecule has 1 unspecified atom stereocenters. The van der Waals surface area contributed by atoms with E-state index >= 15 is 0 Å². The largest absolute Gasteiger partial charge is 0.486 e. The number of nitrogens with one attached hydrogen (secondary N) is 1. The van der Waals surface area contributed by atoms with E-state index in [-0.39, 0.29) is 12.0 Å². The number of rotatable bonds is 3. The maximum atomic E-state index is 12.4. The lowest BCUT2D eigenvalue weighted by Gasteiger charge is -2.26. The number of ether oxygens (including phenoxy) is 2. The Morgan fingerprint density at radius 1 is 1.17 bits per heavy atom. The number of hydrogen-bond acceptors (Lipinski definition) is 4. The molecule has 2 heterocycles. The van der Waals surface area contributed by atoms with Gasteiger partial charge in [-0.15, -0.1) is 11.3 Å². The highest BCUT2D eigenvalue weighted by Gasteiger charge is 2.23. The van der Waals surface area contributed by atoms with Crippen molar-refractivity contribution in [2.75, 3.05) is 13.2 Å². The SMILES string of the molecule is O=C(NCC1COc2ccccc2O1)c1sc2ccccc2c1Cl. The standard InChI is InChI=1S/C18H14ClNO3S/c19-16-12-5-1-4-8-15(12)24-17(16)18(21)20-9-11-10-22-13-6-2-3-7-14(13)23-11/h1-8,11H,9-10H2,(H,20,21). The molecule has 4 nitrogen and oxygen atoms in total. The molecule has 122 valence electrons. The lowest BCUT2D eigenvalue weighted by molar-refractivity contribution is 0.0791. The quantitative estimate of drug-likeness (QED) is 0.765. The first-order valence-corrected chi connectivity index (χ1v) is 8.75. The molecular formula is C18H14ClNO3S. The highest BCUT2D eigenvalue weighted by atomic mass is 35.5. The molecule has 2 aromatic carbocycles. The Balaban J connectivity index is 1.44. The Labute approximate surface area is 148 Å². The number of benzene rings is 2. The van der Waals surface area contributed by atoms with Crippen LogP contribution in [-0.2, 0) is 0 Å². The Morgan fingerprint density at radius 3 is 2.75 bits per heavy atom. The second-order valence-electron chi connectivity index (χ2n) is 5.45. The van der Waals surface area contributed by atoms with Gasteiger partial charge >= 0.3 is 0 Å².